The number of carbonyl (C=O) groups is 3. The molecule has 4 aliphatic rings. The number of hydrogen-bond acceptors (Lipinski definition) is 6. The molecule has 0 aromatic heterocycles. The van der Waals surface area contributed by atoms with Crippen molar-refractivity contribution in [2.24, 2.45) is 34.7 Å². The second-order valence-corrected chi connectivity index (χ2v) is 9.75. The minimum absolute atomic E-state index is 0.0558. The molecule has 2 aliphatic heterocycles. The molecule has 2 heterocycles. The summed E-state index contributed by atoms with van der Waals surface area (Å²) in [5.74, 6) is -1.58. The van der Waals surface area contributed by atoms with E-state index < -0.39 is 17.8 Å². The van der Waals surface area contributed by atoms with Crippen LogP contribution in [0.25, 0.3) is 0 Å². The molecule has 168 valence electrons. The number of anilines is 1. The van der Waals surface area contributed by atoms with Crippen molar-refractivity contribution in [2.45, 2.75) is 19.4 Å². The van der Waals surface area contributed by atoms with Gasteiger partial charge in [-0.2, -0.15) is 0 Å². The minimum Gasteiger partial charge on any atom is -0.427 e. The fourth-order valence-corrected chi connectivity index (χ4v) is 6.63. The summed E-state index contributed by atoms with van der Waals surface area (Å²) in [6.07, 6.45) is 0.493. The Balaban J connectivity index is 1.30. The number of halogens is 2. The third-order valence-electron chi connectivity index (χ3n) is 7.25. The largest absolute Gasteiger partial charge is 0.427 e. The van der Waals surface area contributed by atoms with E-state index in [-0.39, 0.29) is 35.7 Å². The van der Waals surface area contributed by atoms with E-state index in [4.69, 9.17) is 32.8 Å². The Morgan fingerprint density at radius 1 is 1.03 bits per heavy atom. The quantitative estimate of drug-likeness (QED) is 0.372. The summed E-state index contributed by atoms with van der Waals surface area (Å²) in [5, 5.41) is 5.33. The monoisotopic (exact) mass is 484 g/mol. The Bertz CT molecular complexity index is 1240. The third-order valence-corrected chi connectivity index (χ3v) is 7.80. The van der Waals surface area contributed by atoms with Gasteiger partial charge in [-0.3, -0.25) is 19.3 Å². The Labute approximate surface area is 199 Å². The van der Waals surface area contributed by atoms with Gasteiger partial charge < -0.3 is 9.57 Å². The summed E-state index contributed by atoms with van der Waals surface area (Å²) in [6.45, 7) is 1.31. The predicted molar refractivity (Wildman–Crippen MR) is 120 cm³/mol. The van der Waals surface area contributed by atoms with Crippen molar-refractivity contribution in [1.29, 1.82) is 0 Å². The number of carbonyl (C=O) groups excluding carboxylic acids is 3. The highest BCUT2D eigenvalue weighted by Crippen LogP contribution is 2.62. The molecule has 6 atom stereocenters. The van der Waals surface area contributed by atoms with Crippen LogP contribution in [0.3, 0.4) is 0 Å². The first-order valence-electron chi connectivity index (χ1n) is 10.7. The maximum atomic E-state index is 13.5. The summed E-state index contributed by atoms with van der Waals surface area (Å²) < 4.78 is 5.05. The Morgan fingerprint density at radius 3 is 2.39 bits per heavy atom. The second-order valence-electron chi connectivity index (χ2n) is 8.91. The van der Waals surface area contributed by atoms with Crippen molar-refractivity contribution < 1.29 is 24.0 Å². The molecular formula is C24H18Cl2N2O5. The molecule has 33 heavy (non-hydrogen) atoms. The van der Waals surface area contributed by atoms with Gasteiger partial charge in [0, 0.05) is 29.3 Å². The number of rotatable bonds is 3. The molecule has 0 N–H and O–H groups in total. The molecule has 2 amide bonds. The van der Waals surface area contributed by atoms with E-state index in [1.54, 1.807) is 36.4 Å². The van der Waals surface area contributed by atoms with Crippen LogP contribution in [-0.2, 0) is 19.2 Å². The summed E-state index contributed by atoms with van der Waals surface area (Å²) in [6, 6.07) is 11.6. The van der Waals surface area contributed by atoms with Gasteiger partial charge in [-0.05, 0) is 48.7 Å². The normalized spacial score (nSPS) is 31.4. The van der Waals surface area contributed by atoms with Crippen LogP contribution >= 0.6 is 23.2 Å². The third kappa shape index (κ3) is 2.95. The highest BCUT2D eigenvalue weighted by molar-refractivity contribution is 6.37. The molecule has 9 heteroatoms. The lowest BCUT2D eigenvalue weighted by atomic mass is 9.71. The van der Waals surface area contributed by atoms with Gasteiger partial charge in [-0.15, -0.1) is 0 Å². The first-order valence-corrected chi connectivity index (χ1v) is 11.5. The van der Waals surface area contributed by atoms with Crippen LogP contribution in [0, 0.1) is 29.6 Å². The number of oxime groups is 1. The predicted octanol–water partition coefficient (Wildman–Crippen LogP) is 4.09. The number of fused-ring (bicyclic) bond motifs is 8. The van der Waals surface area contributed by atoms with Crippen molar-refractivity contribution in [3.63, 3.8) is 0 Å². The maximum absolute atomic E-state index is 13.5. The SMILES string of the molecule is CC(=O)Oc1ccc(N2C(=O)[C@@H]3[C@H]4C[C@@H]([C@H]5ON=C(c6ccc(Cl)cc6Cl)[C@@H]45)[C@H]3C2=O)cc1. The van der Waals surface area contributed by atoms with E-state index in [2.05, 4.69) is 5.16 Å². The summed E-state index contributed by atoms with van der Waals surface area (Å²) in [4.78, 5) is 45.1. The van der Waals surface area contributed by atoms with Gasteiger partial charge in [0.2, 0.25) is 11.8 Å². The van der Waals surface area contributed by atoms with Crippen LogP contribution in [-0.4, -0.2) is 29.6 Å². The molecule has 0 spiro atoms. The van der Waals surface area contributed by atoms with E-state index in [0.717, 1.165) is 17.7 Å². The van der Waals surface area contributed by atoms with Crippen LogP contribution in [0.5, 0.6) is 5.75 Å². The first kappa shape index (κ1) is 20.7. The van der Waals surface area contributed by atoms with E-state index in [1.807, 2.05) is 6.07 Å². The molecule has 2 bridgehead atoms. The van der Waals surface area contributed by atoms with E-state index >= 15 is 0 Å². The lowest BCUT2D eigenvalue weighted by Crippen LogP contribution is -2.41. The molecule has 2 aromatic rings. The fraction of sp³-hybridized carbons (Fsp3) is 0.333. The first-order chi connectivity index (χ1) is 15.8. The number of nitrogens with zero attached hydrogens (tertiary/aromatic N) is 2. The highest BCUT2D eigenvalue weighted by Gasteiger charge is 2.70. The van der Waals surface area contributed by atoms with Crippen LogP contribution in [0.4, 0.5) is 5.69 Å². The molecule has 2 saturated carbocycles. The Morgan fingerprint density at radius 2 is 1.73 bits per heavy atom. The standard InChI is InChI=1S/C24H18Cl2N2O5/c1-10(29)32-13-5-3-12(4-6-13)28-23(30)18-15-9-16(19(18)24(28)31)22-20(15)21(27-33-22)14-7-2-11(25)8-17(14)26/h2-8,15-16,18-20,22H,9H2,1H3/t15-,16-,18-,19-,20-,22-/m1/s1. The van der Waals surface area contributed by atoms with Gasteiger partial charge in [-0.25, -0.2) is 0 Å². The number of ether oxygens (including phenoxy) is 1. The van der Waals surface area contributed by atoms with Crippen molar-refractivity contribution in [3.05, 3.63) is 58.1 Å². The topological polar surface area (TPSA) is 85.3 Å². The average molecular weight is 485 g/mol. The molecule has 2 aromatic carbocycles. The summed E-state index contributed by atoms with van der Waals surface area (Å²) in [5.41, 5.74) is 1.93. The minimum atomic E-state index is -0.438. The van der Waals surface area contributed by atoms with Crippen molar-refractivity contribution in [3.8, 4) is 5.75 Å². The van der Waals surface area contributed by atoms with Crippen LogP contribution < -0.4 is 9.64 Å². The molecule has 2 aliphatic carbocycles. The van der Waals surface area contributed by atoms with Gasteiger partial charge >= 0.3 is 5.97 Å². The number of imide groups is 1. The molecule has 6 rings (SSSR count). The van der Waals surface area contributed by atoms with Gasteiger partial charge in [0.1, 0.15) is 11.9 Å². The molecule has 0 unspecified atom stereocenters. The number of benzene rings is 2. The Kier molecular flexibility index (Phi) is 4.58. The molecule has 1 saturated heterocycles. The lowest BCUT2D eigenvalue weighted by Gasteiger charge is -2.30. The van der Waals surface area contributed by atoms with E-state index in [1.165, 1.54) is 11.8 Å². The number of esters is 1. The fourth-order valence-electron chi connectivity index (χ4n) is 6.13. The smallest absolute Gasteiger partial charge is 0.308 e. The van der Waals surface area contributed by atoms with Crippen LogP contribution in [0.2, 0.25) is 10.0 Å². The molecule has 0 radical (unpaired) electrons. The van der Waals surface area contributed by atoms with E-state index in [0.29, 0.717) is 21.5 Å². The maximum Gasteiger partial charge on any atom is 0.308 e. The van der Waals surface area contributed by atoms with Gasteiger partial charge in [0.15, 0.2) is 0 Å². The summed E-state index contributed by atoms with van der Waals surface area (Å²) in [7, 11) is 0. The summed E-state index contributed by atoms with van der Waals surface area (Å²) >= 11 is 12.5. The van der Waals surface area contributed by atoms with Crippen LogP contribution in [0.1, 0.15) is 18.9 Å². The van der Waals surface area contributed by atoms with Gasteiger partial charge in [-0.1, -0.05) is 34.4 Å². The zero-order valence-corrected chi connectivity index (χ0v) is 18.9. The highest BCUT2D eigenvalue weighted by atomic mass is 35.5. The zero-order valence-electron chi connectivity index (χ0n) is 17.4. The lowest BCUT2D eigenvalue weighted by molar-refractivity contribution is -0.132. The Hall–Kier alpha value is -2.90. The van der Waals surface area contributed by atoms with Crippen molar-refractivity contribution >= 4 is 52.4 Å². The molecular weight excluding hydrogens is 467 g/mol. The zero-order chi connectivity index (χ0) is 23.0. The average Bonchev–Trinajstić information content (AvgIpc) is 3.49. The van der Waals surface area contributed by atoms with Crippen LogP contribution in [0.15, 0.2) is 47.6 Å². The number of hydrogen-bond donors (Lipinski definition) is 0. The molecule has 3 fully saturated rings. The van der Waals surface area contributed by atoms with Gasteiger partial charge in [0.05, 0.1) is 28.3 Å². The molecule has 7 nitrogen and oxygen atoms in total. The van der Waals surface area contributed by atoms with E-state index in [9.17, 15) is 14.4 Å². The van der Waals surface area contributed by atoms with Crippen molar-refractivity contribution in [2.75, 3.05) is 4.90 Å². The second kappa shape index (κ2) is 7.30. The van der Waals surface area contributed by atoms with Crippen molar-refractivity contribution in [1.82, 2.24) is 0 Å². The number of amides is 2. The van der Waals surface area contributed by atoms with Gasteiger partial charge in [0.25, 0.3) is 0 Å².